The molecule has 2 heterocycles. The lowest BCUT2D eigenvalue weighted by Gasteiger charge is -2.12. The molecule has 0 fully saturated rings. The summed E-state index contributed by atoms with van der Waals surface area (Å²) in [6.45, 7) is 4.92. The smallest absolute Gasteiger partial charge is 0.332 e. The number of aryl methyl sites for hydroxylation is 1. The Morgan fingerprint density at radius 3 is 2.58 bits per heavy atom. The van der Waals surface area contributed by atoms with Gasteiger partial charge in [-0.2, -0.15) is 0 Å². The molecule has 0 aliphatic rings. The van der Waals surface area contributed by atoms with Gasteiger partial charge in [-0.25, -0.2) is 9.36 Å². The second-order valence-corrected chi connectivity index (χ2v) is 7.38. The third-order valence-electron chi connectivity index (χ3n) is 3.78. The van der Waals surface area contributed by atoms with Crippen molar-refractivity contribution in [3.8, 4) is 0 Å². The molecule has 6 nitrogen and oxygen atoms in total. The number of fused-ring (bicyclic) bond motifs is 1. The molecule has 0 spiro atoms. The number of nitrogens with one attached hydrogen (secondary N) is 1. The summed E-state index contributed by atoms with van der Waals surface area (Å²) in [6.07, 6.45) is 3.61. The summed E-state index contributed by atoms with van der Waals surface area (Å²) in [7, 11) is 0. The number of thiophene rings is 1. The molecule has 1 amide bonds. The maximum Gasteiger partial charge on any atom is 0.332 e. The fourth-order valence-electron chi connectivity index (χ4n) is 2.45. The molecule has 0 saturated carbocycles. The monoisotopic (exact) mass is 415 g/mol. The van der Waals surface area contributed by atoms with Gasteiger partial charge >= 0.3 is 5.69 Å². The molecule has 24 heavy (non-hydrogen) atoms. The third kappa shape index (κ3) is 3.97. The first-order chi connectivity index (χ1) is 11.5. The molecule has 0 bridgehead atoms. The van der Waals surface area contributed by atoms with Crippen LogP contribution in [0.4, 0.5) is 0 Å². The summed E-state index contributed by atoms with van der Waals surface area (Å²) in [5.41, 5.74) is -0.194. The molecule has 0 unspecified atom stereocenters. The predicted octanol–water partition coefficient (Wildman–Crippen LogP) is 2.70. The number of unbranched alkanes of at least 4 members (excludes halogenated alkanes) is 2. The summed E-state index contributed by atoms with van der Waals surface area (Å²) in [6, 6.07) is 0. The van der Waals surface area contributed by atoms with E-state index in [0.29, 0.717) is 23.3 Å². The second kappa shape index (κ2) is 8.62. The Morgan fingerprint density at radius 2 is 1.92 bits per heavy atom. The summed E-state index contributed by atoms with van der Waals surface area (Å²) in [4.78, 5) is 37.4. The molecular weight excluding hydrogens is 394 g/mol. The van der Waals surface area contributed by atoms with Crippen LogP contribution >= 0.6 is 27.3 Å². The van der Waals surface area contributed by atoms with Crippen LogP contribution in [0, 0.1) is 0 Å². The lowest BCUT2D eigenvalue weighted by Crippen LogP contribution is -2.43. The zero-order chi connectivity index (χ0) is 17.7. The van der Waals surface area contributed by atoms with Gasteiger partial charge in [-0.1, -0.05) is 26.7 Å². The molecule has 2 aromatic rings. The molecule has 0 aliphatic carbocycles. The molecule has 2 aromatic heterocycles. The summed E-state index contributed by atoms with van der Waals surface area (Å²) in [5, 5.41) is 4.55. The Bertz CT molecular complexity index is 837. The SMILES string of the molecule is CCCCNC(=O)Cn1c(=O)c2scc(Br)c2n(CCCC)c1=O. The van der Waals surface area contributed by atoms with Crippen LogP contribution in [0.1, 0.15) is 39.5 Å². The Balaban J connectivity index is 2.44. The minimum absolute atomic E-state index is 0.237. The Morgan fingerprint density at radius 1 is 1.21 bits per heavy atom. The zero-order valence-electron chi connectivity index (χ0n) is 13.9. The van der Waals surface area contributed by atoms with E-state index in [4.69, 9.17) is 0 Å². The lowest BCUT2D eigenvalue weighted by molar-refractivity contribution is -0.121. The van der Waals surface area contributed by atoms with Crippen LogP contribution in [0.15, 0.2) is 19.4 Å². The van der Waals surface area contributed by atoms with E-state index in [1.165, 1.54) is 11.3 Å². The van der Waals surface area contributed by atoms with Gasteiger partial charge in [0.15, 0.2) is 0 Å². The first-order valence-electron chi connectivity index (χ1n) is 8.18. The van der Waals surface area contributed by atoms with Gasteiger partial charge in [-0.15, -0.1) is 11.3 Å². The number of carbonyl (C=O) groups excluding carboxylic acids is 1. The average molecular weight is 416 g/mol. The second-order valence-electron chi connectivity index (χ2n) is 5.64. The van der Waals surface area contributed by atoms with Crippen molar-refractivity contribution in [2.45, 2.75) is 52.6 Å². The molecule has 0 aliphatic heterocycles. The van der Waals surface area contributed by atoms with Crippen molar-refractivity contribution in [1.29, 1.82) is 0 Å². The number of carbonyl (C=O) groups is 1. The van der Waals surface area contributed by atoms with E-state index in [9.17, 15) is 14.4 Å². The normalized spacial score (nSPS) is 11.1. The number of hydrogen-bond acceptors (Lipinski definition) is 4. The Hall–Kier alpha value is -1.41. The van der Waals surface area contributed by atoms with Gasteiger partial charge in [-0.3, -0.25) is 14.2 Å². The first kappa shape index (κ1) is 18.9. The maximum absolute atomic E-state index is 12.8. The number of aromatic nitrogens is 2. The van der Waals surface area contributed by atoms with Crippen molar-refractivity contribution in [2.24, 2.45) is 0 Å². The van der Waals surface area contributed by atoms with E-state index in [0.717, 1.165) is 34.7 Å². The molecular formula is C16H22BrN3O3S. The van der Waals surface area contributed by atoms with Gasteiger partial charge in [0, 0.05) is 18.5 Å². The van der Waals surface area contributed by atoms with E-state index in [2.05, 4.69) is 21.2 Å². The van der Waals surface area contributed by atoms with Crippen molar-refractivity contribution >= 4 is 43.4 Å². The lowest BCUT2D eigenvalue weighted by atomic mass is 10.3. The van der Waals surface area contributed by atoms with E-state index < -0.39 is 11.2 Å². The molecule has 2 rings (SSSR count). The highest BCUT2D eigenvalue weighted by atomic mass is 79.9. The quantitative estimate of drug-likeness (QED) is 0.673. The highest BCUT2D eigenvalue weighted by molar-refractivity contribution is 9.10. The van der Waals surface area contributed by atoms with Crippen LogP contribution in [0.3, 0.4) is 0 Å². The molecule has 1 N–H and O–H groups in total. The van der Waals surface area contributed by atoms with Crippen LogP contribution in [-0.2, 0) is 17.9 Å². The van der Waals surface area contributed by atoms with Crippen molar-refractivity contribution in [3.63, 3.8) is 0 Å². The topological polar surface area (TPSA) is 73.1 Å². The highest BCUT2D eigenvalue weighted by Gasteiger charge is 2.18. The van der Waals surface area contributed by atoms with Crippen LogP contribution < -0.4 is 16.6 Å². The summed E-state index contributed by atoms with van der Waals surface area (Å²) >= 11 is 4.71. The number of nitrogens with zero attached hydrogens (tertiary/aromatic N) is 2. The fraction of sp³-hybridized carbons (Fsp3) is 0.562. The molecule has 0 aromatic carbocycles. The standard InChI is InChI=1S/C16H22BrN3O3S/c1-3-5-7-18-12(21)9-20-15(22)14-13(11(17)10-24-14)19(16(20)23)8-6-4-2/h10H,3-9H2,1-2H3,(H,18,21). The van der Waals surface area contributed by atoms with Gasteiger partial charge in [0.1, 0.15) is 11.2 Å². The maximum atomic E-state index is 12.8. The minimum Gasteiger partial charge on any atom is -0.355 e. The minimum atomic E-state index is -0.425. The van der Waals surface area contributed by atoms with Crippen LogP contribution in [0.2, 0.25) is 0 Å². The largest absolute Gasteiger partial charge is 0.355 e. The number of amides is 1. The van der Waals surface area contributed by atoms with Crippen molar-refractivity contribution in [1.82, 2.24) is 14.5 Å². The van der Waals surface area contributed by atoms with E-state index in [1.807, 2.05) is 13.8 Å². The summed E-state index contributed by atoms with van der Waals surface area (Å²) in [5.74, 6) is -0.306. The van der Waals surface area contributed by atoms with Crippen LogP contribution in [0.25, 0.3) is 10.2 Å². The highest BCUT2D eigenvalue weighted by Crippen LogP contribution is 2.27. The van der Waals surface area contributed by atoms with Gasteiger partial charge in [0.05, 0.1) is 9.99 Å². The van der Waals surface area contributed by atoms with Gasteiger partial charge in [0.2, 0.25) is 5.91 Å². The first-order valence-corrected chi connectivity index (χ1v) is 9.85. The van der Waals surface area contributed by atoms with Crippen molar-refractivity contribution < 1.29 is 4.79 Å². The van der Waals surface area contributed by atoms with Crippen molar-refractivity contribution in [3.05, 3.63) is 30.7 Å². The molecule has 132 valence electrons. The van der Waals surface area contributed by atoms with E-state index in [1.54, 1.807) is 9.95 Å². The number of halogens is 1. The number of rotatable bonds is 8. The fourth-order valence-corrected chi connectivity index (χ4v) is 4.15. The van der Waals surface area contributed by atoms with E-state index >= 15 is 0 Å². The van der Waals surface area contributed by atoms with Gasteiger partial charge < -0.3 is 5.32 Å². The predicted molar refractivity (Wildman–Crippen MR) is 101 cm³/mol. The molecule has 0 atom stereocenters. The van der Waals surface area contributed by atoms with Crippen molar-refractivity contribution in [2.75, 3.05) is 6.54 Å². The van der Waals surface area contributed by atoms with Crippen LogP contribution in [0.5, 0.6) is 0 Å². The van der Waals surface area contributed by atoms with Gasteiger partial charge in [0.25, 0.3) is 5.56 Å². The Kier molecular flexibility index (Phi) is 6.79. The third-order valence-corrected chi connectivity index (χ3v) is 5.65. The van der Waals surface area contributed by atoms with Gasteiger partial charge in [-0.05, 0) is 28.8 Å². The molecule has 0 saturated heterocycles. The zero-order valence-corrected chi connectivity index (χ0v) is 16.3. The van der Waals surface area contributed by atoms with Crippen LogP contribution in [-0.4, -0.2) is 21.6 Å². The Labute approximate surface area is 152 Å². The molecule has 0 radical (unpaired) electrons. The number of hydrogen-bond donors (Lipinski definition) is 1. The summed E-state index contributed by atoms with van der Waals surface area (Å²) < 4.78 is 3.88. The molecule has 8 heteroatoms. The van der Waals surface area contributed by atoms with E-state index in [-0.39, 0.29) is 12.5 Å². The average Bonchev–Trinajstić information content (AvgIpc) is 2.94.